The Morgan fingerprint density at radius 2 is 2.18 bits per heavy atom. The number of aromatic nitrogens is 4. The van der Waals surface area contributed by atoms with Crippen molar-refractivity contribution in [2.45, 2.75) is 20.4 Å². The number of nitrogens with two attached hydrogens (primary N) is 1. The Bertz CT molecular complexity index is 1070. The molecule has 0 bridgehead atoms. The minimum absolute atomic E-state index is 0.0172. The number of nitro groups is 1. The average molecular weight is 384 g/mol. The third-order valence-corrected chi connectivity index (χ3v) is 3.87. The second-order valence-corrected chi connectivity index (χ2v) is 5.90. The number of hydrogen-bond acceptors (Lipinski definition) is 9. The summed E-state index contributed by atoms with van der Waals surface area (Å²) in [5, 5.41) is 25.2. The summed E-state index contributed by atoms with van der Waals surface area (Å²) >= 11 is 0. The first-order valence-corrected chi connectivity index (χ1v) is 8.04. The van der Waals surface area contributed by atoms with Crippen LogP contribution in [0.15, 0.2) is 33.8 Å². The van der Waals surface area contributed by atoms with E-state index < -0.39 is 10.8 Å². The molecule has 0 saturated carbocycles. The van der Waals surface area contributed by atoms with Gasteiger partial charge in [0, 0.05) is 17.2 Å². The number of anilines is 1. The fourth-order valence-corrected chi connectivity index (χ4v) is 2.49. The number of benzene rings is 1. The van der Waals surface area contributed by atoms with Crippen molar-refractivity contribution in [1.29, 1.82) is 0 Å². The fraction of sp³-hybridized carbons (Fsp3) is 0.188. The summed E-state index contributed by atoms with van der Waals surface area (Å²) in [6, 6.07) is 6.59. The molecule has 0 aliphatic heterocycles. The summed E-state index contributed by atoms with van der Waals surface area (Å²) in [6.07, 6.45) is 1.33. The highest BCUT2D eigenvalue weighted by Gasteiger charge is 2.16. The smallest absolute Gasteiger partial charge is 0.272 e. The molecule has 1 aromatic carbocycles. The quantitative estimate of drug-likeness (QED) is 0.363. The van der Waals surface area contributed by atoms with Crippen LogP contribution in [0.25, 0.3) is 11.3 Å². The molecule has 12 nitrogen and oxygen atoms in total. The SMILES string of the molecule is Cc1cc([N+](=O)[O-])c(C)cc1-c1ccc(/C=N/NC(=O)Cn2nnnc2N)o1. The Labute approximate surface area is 158 Å². The lowest BCUT2D eigenvalue weighted by molar-refractivity contribution is -0.385. The van der Waals surface area contributed by atoms with Crippen molar-refractivity contribution in [2.24, 2.45) is 5.10 Å². The largest absolute Gasteiger partial charge is 0.455 e. The minimum Gasteiger partial charge on any atom is -0.455 e. The molecule has 0 fully saturated rings. The summed E-state index contributed by atoms with van der Waals surface area (Å²) in [5.74, 6) is 0.477. The molecule has 0 aliphatic rings. The molecular weight excluding hydrogens is 368 g/mol. The first-order valence-electron chi connectivity index (χ1n) is 8.04. The van der Waals surface area contributed by atoms with Gasteiger partial charge < -0.3 is 10.2 Å². The van der Waals surface area contributed by atoms with Gasteiger partial charge in [-0.15, -0.1) is 0 Å². The Balaban J connectivity index is 1.68. The van der Waals surface area contributed by atoms with E-state index in [-0.39, 0.29) is 18.2 Å². The number of aryl methyl sites for hydroxylation is 2. The molecule has 2 aromatic heterocycles. The van der Waals surface area contributed by atoms with Gasteiger partial charge in [-0.3, -0.25) is 14.9 Å². The third kappa shape index (κ3) is 4.00. The zero-order valence-corrected chi connectivity index (χ0v) is 15.0. The highest BCUT2D eigenvalue weighted by Crippen LogP contribution is 2.30. The van der Waals surface area contributed by atoms with Crippen LogP contribution in [-0.4, -0.2) is 37.3 Å². The van der Waals surface area contributed by atoms with E-state index >= 15 is 0 Å². The van der Waals surface area contributed by atoms with E-state index in [2.05, 4.69) is 26.1 Å². The maximum atomic E-state index is 11.8. The Kier molecular flexibility index (Phi) is 5.11. The number of amides is 1. The number of furan rings is 1. The molecule has 3 N–H and O–H groups in total. The second-order valence-electron chi connectivity index (χ2n) is 5.90. The normalized spacial score (nSPS) is 11.1. The van der Waals surface area contributed by atoms with Gasteiger partial charge in [0.1, 0.15) is 18.1 Å². The maximum Gasteiger partial charge on any atom is 0.272 e. The average Bonchev–Trinajstić information content (AvgIpc) is 3.26. The number of carbonyl (C=O) groups is 1. The van der Waals surface area contributed by atoms with E-state index in [9.17, 15) is 14.9 Å². The summed E-state index contributed by atoms with van der Waals surface area (Å²) in [6.45, 7) is 3.25. The van der Waals surface area contributed by atoms with E-state index in [0.717, 1.165) is 10.2 Å². The standard InChI is InChI=1S/C16H16N8O4/c1-9-6-13(24(26)27)10(2)5-12(9)14-4-3-11(28-14)7-18-19-15(25)8-23-16(17)20-21-22-23/h3-7H,8H2,1-2H3,(H,19,25)(H2,17,20,22)/b18-7+. The van der Waals surface area contributed by atoms with Crippen LogP contribution in [-0.2, 0) is 11.3 Å². The van der Waals surface area contributed by atoms with Crippen LogP contribution in [0.1, 0.15) is 16.9 Å². The van der Waals surface area contributed by atoms with Gasteiger partial charge in [0.25, 0.3) is 11.6 Å². The van der Waals surface area contributed by atoms with Gasteiger partial charge in [-0.25, -0.2) is 10.1 Å². The zero-order valence-electron chi connectivity index (χ0n) is 15.0. The van der Waals surface area contributed by atoms with Crippen molar-refractivity contribution in [3.63, 3.8) is 0 Å². The molecule has 1 amide bonds. The molecule has 12 heteroatoms. The van der Waals surface area contributed by atoms with Gasteiger partial charge in [-0.05, 0) is 48.0 Å². The van der Waals surface area contributed by atoms with Crippen molar-refractivity contribution in [3.8, 4) is 11.3 Å². The molecule has 3 aromatic rings. The summed E-state index contributed by atoms with van der Waals surface area (Å²) in [4.78, 5) is 22.4. The number of hydrogen-bond donors (Lipinski definition) is 2. The molecule has 28 heavy (non-hydrogen) atoms. The molecule has 144 valence electrons. The topological polar surface area (TPSA) is 167 Å². The lowest BCUT2D eigenvalue weighted by Gasteiger charge is -2.05. The van der Waals surface area contributed by atoms with Gasteiger partial charge in [0.2, 0.25) is 5.95 Å². The Hall–Kier alpha value is -4.09. The molecule has 3 rings (SSSR count). The van der Waals surface area contributed by atoms with Crippen LogP contribution in [0.2, 0.25) is 0 Å². The number of rotatable bonds is 6. The molecular formula is C16H16N8O4. The Morgan fingerprint density at radius 1 is 1.39 bits per heavy atom. The number of nitro benzene ring substituents is 1. The summed E-state index contributed by atoms with van der Waals surface area (Å²) in [5.41, 5.74) is 9.82. The van der Waals surface area contributed by atoms with Crippen molar-refractivity contribution in [1.82, 2.24) is 25.6 Å². The van der Waals surface area contributed by atoms with Gasteiger partial charge in [0.15, 0.2) is 0 Å². The third-order valence-electron chi connectivity index (χ3n) is 3.87. The number of hydrazone groups is 1. The van der Waals surface area contributed by atoms with Crippen LogP contribution in [0, 0.1) is 24.0 Å². The van der Waals surface area contributed by atoms with Crippen molar-refractivity contribution in [2.75, 3.05) is 5.73 Å². The molecule has 2 heterocycles. The molecule has 0 spiro atoms. The zero-order chi connectivity index (χ0) is 20.3. The van der Waals surface area contributed by atoms with E-state index in [1.807, 2.05) is 0 Å². The minimum atomic E-state index is -0.469. The Morgan fingerprint density at radius 3 is 2.86 bits per heavy atom. The van der Waals surface area contributed by atoms with E-state index in [4.69, 9.17) is 10.2 Å². The molecule has 0 atom stereocenters. The first kappa shape index (κ1) is 18.7. The highest BCUT2D eigenvalue weighted by molar-refractivity contribution is 5.81. The highest BCUT2D eigenvalue weighted by atomic mass is 16.6. The molecule has 0 aliphatic carbocycles. The van der Waals surface area contributed by atoms with Crippen LogP contribution >= 0.6 is 0 Å². The van der Waals surface area contributed by atoms with Gasteiger partial charge in [-0.1, -0.05) is 5.10 Å². The lowest BCUT2D eigenvalue weighted by atomic mass is 10.0. The van der Waals surface area contributed by atoms with Gasteiger partial charge in [-0.2, -0.15) is 5.10 Å². The van der Waals surface area contributed by atoms with Gasteiger partial charge >= 0.3 is 0 Å². The van der Waals surface area contributed by atoms with Crippen LogP contribution < -0.4 is 11.2 Å². The lowest BCUT2D eigenvalue weighted by Crippen LogP contribution is -2.24. The summed E-state index contributed by atoms with van der Waals surface area (Å²) in [7, 11) is 0. The second kappa shape index (κ2) is 7.65. The number of tetrazole rings is 1. The van der Waals surface area contributed by atoms with Crippen molar-refractivity contribution < 1.29 is 14.1 Å². The van der Waals surface area contributed by atoms with Crippen LogP contribution in [0.5, 0.6) is 0 Å². The number of nitrogen functional groups attached to an aromatic ring is 1. The molecule has 0 unspecified atom stereocenters. The monoisotopic (exact) mass is 384 g/mol. The molecule has 0 saturated heterocycles. The number of nitrogens with one attached hydrogen (secondary N) is 1. The van der Waals surface area contributed by atoms with Crippen molar-refractivity contribution >= 4 is 23.8 Å². The predicted molar refractivity (Wildman–Crippen MR) is 98.2 cm³/mol. The molecule has 0 radical (unpaired) electrons. The van der Waals surface area contributed by atoms with Crippen LogP contribution in [0.4, 0.5) is 11.6 Å². The summed E-state index contributed by atoms with van der Waals surface area (Å²) < 4.78 is 6.81. The predicted octanol–water partition coefficient (Wildman–Crippen LogP) is 1.19. The van der Waals surface area contributed by atoms with E-state index in [1.165, 1.54) is 12.3 Å². The van der Waals surface area contributed by atoms with Crippen molar-refractivity contribution in [3.05, 3.63) is 51.3 Å². The maximum absolute atomic E-state index is 11.8. The van der Waals surface area contributed by atoms with Gasteiger partial charge in [0.05, 0.1) is 11.1 Å². The van der Waals surface area contributed by atoms with Crippen LogP contribution in [0.3, 0.4) is 0 Å². The van der Waals surface area contributed by atoms with E-state index in [1.54, 1.807) is 32.0 Å². The fourth-order valence-electron chi connectivity index (χ4n) is 2.49. The first-order chi connectivity index (χ1) is 13.3. The number of nitrogens with zero attached hydrogens (tertiary/aromatic N) is 6. The van der Waals surface area contributed by atoms with E-state index in [0.29, 0.717) is 22.6 Å². The number of carbonyl (C=O) groups excluding carboxylic acids is 1.